The average Bonchev–Trinajstić information content (AvgIpc) is 2.58. The number of halogens is 1. The van der Waals surface area contributed by atoms with Gasteiger partial charge in [-0.25, -0.2) is 0 Å². The topological polar surface area (TPSA) is 43.8 Å². The Bertz CT molecular complexity index is 683. The van der Waals surface area contributed by atoms with Crippen LogP contribution in [0.1, 0.15) is 15.9 Å². The van der Waals surface area contributed by atoms with Gasteiger partial charge in [-0.3, -0.25) is 9.69 Å². The summed E-state index contributed by atoms with van der Waals surface area (Å²) in [5, 5.41) is 9.90. The predicted molar refractivity (Wildman–Crippen MR) is 93.4 cm³/mol. The molecule has 0 aromatic heterocycles. The zero-order chi connectivity index (χ0) is 16.2. The van der Waals surface area contributed by atoms with Gasteiger partial charge in [-0.2, -0.15) is 0 Å². The van der Waals surface area contributed by atoms with Crippen molar-refractivity contribution in [1.82, 2.24) is 9.80 Å². The summed E-state index contributed by atoms with van der Waals surface area (Å²) in [6, 6.07) is 15.3. The molecule has 1 aliphatic rings. The van der Waals surface area contributed by atoms with E-state index in [9.17, 15) is 9.90 Å². The second-order valence-corrected chi connectivity index (χ2v) is 6.63. The molecule has 0 aliphatic carbocycles. The summed E-state index contributed by atoms with van der Waals surface area (Å²) in [4.78, 5) is 16.7. The van der Waals surface area contributed by atoms with E-state index in [0.29, 0.717) is 18.7 Å². The highest BCUT2D eigenvalue weighted by Gasteiger charge is 2.24. The molecule has 1 N–H and O–H groups in total. The maximum absolute atomic E-state index is 12.6. The Morgan fingerprint density at radius 2 is 1.74 bits per heavy atom. The smallest absolute Gasteiger partial charge is 0.257 e. The van der Waals surface area contributed by atoms with Crippen molar-refractivity contribution < 1.29 is 9.90 Å². The van der Waals surface area contributed by atoms with E-state index in [1.54, 1.807) is 18.2 Å². The number of benzene rings is 2. The van der Waals surface area contributed by atoms with Gasteiger partial charge < -0.3 is 10.0 Å². The van der Waals surface area contributed by atoms with E-state index in [-0.39, 0.29) is 11.7 Å². The van der Waals surface area contributed by atoms with Gasteiger partial charge in [0.2, 0.25) is 0 Å². The third kappa shape index (κ3) is 3.92. The minimum atomic E-state index is -0.108. The number of amides is 1. The molecule has 2 aromatic carbocycles. The molecule has 0 saturated carbocycles. The Balaban J connectivity index is 1.60. The Morgan fingerprint density at radius 3 is 2.43 bits per heavy atom. The molecule has 0 radical (unpaired) electrons. The zero-order valence-corrected chi connectivity index (χ0v) is 14.4. The maximum Gasteiger partial charge on any atom is 0.257 e. The summed E-state index contributed by atoms with van der Waals surface area (Å²) in [7, 11) is 0. The molecule has 2 aromatic rings. The first-order valence-corrected chi connectivity index (χ1v) is 8.47. The number of hydrogen-bond acceptors (Lipinski definition) is 3. The lowest BCUT2D eigenvalue weighted by atomic mass is 10.1. The molecule has 4 nitrogen and oxygen atoms in total. The molecule has 23 heavy (non-hydrogen) atoms. The van der Waals surface area contributed by atoms with Crippen LogP contribution in [0.25, 0.3) is 0 Å². The number of phenols is 1. The second kappa shape index (κ2) is 7.15. The number of rotatable bonds is 3. The van der Waals surface area contributed by atoms with Crippen LogP contribution in [-0.4, -0.2) is 47.0 Å². The summed E-state index contributed by atoms with van der Waals surface area (Å²) in [5.74, 6) is -0.0759. The van der Waals surface area contributed by atoms with Crippen LogP contribution in [0.3, 0.4) is 0 Å². The number of carbonyl (C=O) groups excluding carboxylic acids is 1. The number of piperazine rings is 1. The number of carbonyl (C=O) groups is 1. The molecule has 0 atom stereocenters. The van der Waals surface area contributed by atoms with Crippen LogP contribution in [0, 0.1) is 0 Å². The minimum absolute atomic E-state index is 0.0323. The molecule has 1 fully saturated rings. The maximum atomic E-state index is 12.6. The van der Waals surface area contributed by atoms with E-state index in [1.807, 2.05) is 23.1 Å². The van der Waals surface area contributed by atoms with Gasteiger partial charge in [0.05, 0.1) is 5.56 Å². The summed E-state index contributed by atoms with van der Waals surface area (Å²) in [5.41, 5.74) is 1.65. The highest BCUT2D eigenvalue weighted by Crippen LogP contribution is 2.24. The molecule has 120 valence electrons. The van der Waals surface area contributed by atoms with E-state index in [2.05, 4.69) is 33.0 Å². The van der Waals surface area contributed by atoms with Crippen molar-refractivity contribution in [2.45, 2.75) is 6.54 Å². The largest absolute Gasteiger partial charge is 0.507 e. The molecule has 1 amide bonds. The van der Waals surface area contributed by atoms with Crippen molar-refractivity contribution in [2.24, 2.45) is 0 Å². The standard InChI is InChI=1S/C18H19BrN2O2/c19-15-6-7-17(22)16(12-15)18(23)21-10-8-20(9-11-21)13-14-4-2-1-3-5-14/h1-7,12,22H,8-11,13H2. The Hall–Kier alpha value is -1.85. The quantitative estimate of drug-likeness (QED) is 0.897. The van der Waals surface area contributed by atoms with Crippen molar-refractivity contribution in [3.63, 3.8) is 0 Å². The summed E-state index contributed by atoms with van der Waals surface area (Å²) in [6.07, 6.45) is 0. The Labute approximate surface area is 144 Å². The first kappa shape index (κ1) is 16.0. The van der Waals surface area contributed by atoms with E-state index >= 15 is 0 Å². The van der Waals surface area contributed by atoms with Crippen molar-refractivity contribution >= 4 is 21.8 Å². The van der Waals surface area contributed by atoms with Crippen LogP contribution in [0.4, 0.5) is 0 Å². The summed E-state index contributed by atoms with van der Waals surface area (Å²) >= 11 is 3.35. The first-order valence-electron chi connectivity index (χ1n) is 7.67. The lowest BCUT2D eigenvalue weighted by Crippen LogP contribution is -2.48. The minimum Gasteiger partial charge on any atom is -0.507 e. The predicted octanol–water partition coefficient (Wildman–Crippen LogP) is 3.11. The number of hydrogen-bond donors (Lipinski definition) is 1. The summed E-state index contributed by atoms with van der Waals surface area (Å²) < 4.78 is 0.793. The van der Waals surface area contributed by atoms with Crippen LogP contribution in [0.15, 0.2) is 53.0 Å². The SMILES string of the molecule is O=C(c1cc(Br)ccc1O)N1CCN(Cc2ccccc2)CC1. The zero-order valence-electron chi connectivity index (χ0n) is 12.8. The molecule has 1 saturated heterocycles. The van der Waals surface area contributed by atoms with E-state index in [1.165, 1.54) is 5.56 Å². The average molecular weight is 375 g/mol. The Kier molecular flexibility index (Phi) is 4.98. The number of aromatic hydroxyl groups is 1. The molecule has 1 aliphatic heterocycles. The third-order valence-electron chi connectivity index (χ3n) is 4.10. The molecular weight excluding hydrogens is 356 g/mol. The van der Waals surface area contributed by atoms with Crippen molar-refractivity contribution in [3.8, 4) is 5.75 Å². The molecule has 5 heteroatoms. The van der Waals surface area contributed by atoms with Crippen LogP contribution >= 0.6 is 15.9 Å². The fourth-order valence-electron chi connectivity index (χ4n) is 2.80. The highest BCUT2D eigenvalue weighted by atomic mass is 79.9. The van der Waals surface area contributed by atoms with Gasteiger partial charge in [0.15, 0.2) is 0 Å². The van der Waals surface area contributed by atoms with Gasteiger partial charge in [-0.05, 0) is 23.8 Å². The third-order valence-corrected chi connectivity index (χ3v) is 4.59. The van der Waals surface area contributed by atoms with Crippen molar-refractivity contribution in [2.75, 3.05) is 26.2 Å². The van der Waals surface area contributed by atoms with Crippen LogP contribution in [0.2, 0.25) is 0 Å². The fourth-order valence-corrected chi connectivity index (χ4v) is 3.16. The summed E-state index contributed by atoms with van der Waals surface area (Å²) in [6.45, 7) is 3.95. The lowest BCUT2D eigenvalue weighted by molar-refractivity contribution is 0.0625. The van der Waals surface area contributed by atoms with Gasteiger partial charge in [0.1, 0.15) is 5.75 Å². The van der Waals surface area contributed by atoms with Crippen LogP contribution in [0.5, 0.6) is 5.75 Å². The van der Waals surface area contributed by atoms with Crippen LogP contribution in [-0.2, 0) is 6.54 Å². The molecular formula is C18H19BrN2O2. The Morgan fingerprint density at radius 1 is 1.04 bits per heavy atom. The first-order chi connectivity index (χ1) is 11.1. The van der Waals surface area contributed by atoms with E-state index in [0.717, 1.165) is 24.1 Å². The molecule has 0 unspecified atom stereocenters. The normalized spacial score (nSPS) is 15.6. The fraction of sp³-hybridized carbons (Fsp3) is 0.278. The van der Waals surface area contributed by atoms with Gasteiger partial charge in [0.25, 0.3) is 5.91 Å². The van der Waals surface area contributed by atoms with Crippen molar-refractivity contribution in [1.29, 1.82) is 0 Å². The van der Waals surface area contributed by atoms with Gasteiger partial charge in [0, 0.05) is 37.2 Å². The lowest BCUT2D eigenvalue weighted by Gasteiger charge is -2.34. The van der Waals surface area contributed by atoms with Crippen LogP contribution < -0.4 is 0 Å². The van der Waals surface area contributed by atoms with Gasteiger partial charge in [-0.1, -0.05) is 46.3 Å². The monoisotopic (exact) mass is 374 g/mol. The highest BCUT2D eigenvalue weighted by molar-refractivity contribution is 9.10. The number of nitrogens with zero attached hydrogens (tertiary/aromatic N) is 2. The van der Waals surface area contributed by atoms with Gasteiger partial charge in [-0.15, -0.1) is 0 Å². The molecule has 0 bridgehead atoms. The number of phenolic OH excluding ortho intramolecular Hbond substituents is 1. The molecule has 3 rings (SSSR count). The molecule has 0 spiro atoms. The van der Waals surface area contributed by atoms with Gasteiger partial charge >= 0.3 is 0 Å². The molecule has 1 heterocycles. The van der Waals surface area contributed by atoms with E-state index < -0.39 is 0 Å². The van der Waals surface area contributed by atoms with Crippen molar-refractivity contribution in [3.05, 3.63) is 64.1 Å². The van der Waals surface area contributed by atoms with E-state index in [4.69, 9.17) is 0 Å². The second-order valence-electron chi connectivity index (χ2n) is 5.72.